The number of rotatable bonds is 5. The van der Waals surface area contributed by atoms with Gasteiger partial charge in [-0.1, -0.05) is 35.6 Å². The van der Waals surface area contributed by atoms with Crippen molar-refractivity contribution in [1.82, 2.24) is 20.9 Å². The molecule has 21 heavy (non-hydrogen) atoms. The Morgan fingerprint density at radius 2 is 2.00 bits per heavy atom. The van der Waals surface area contributed by atoms with E-state index < -0.39 is 6.10 Å². The van der Waals surface area contributed by atoms with Gasteiger partial charge in [-0.15, -0.1) is 0 Å². The predicted octanol–water partition coefficient (Wildman–Crippen LogP) is 0.314. The van der Waals surface area contributed by atoms with Gasteiger partial charge in [0, 0.05) is 26.2 Å². The molecule has 2 aliphatic heterocycles. The van der Waals surface area contributed by atoms with E-state index in [4.69, 9.17) is 0 Å². The van der Waals surface area contributed by atoms with Gasteiger partial charge >= 0.3 is 0 Å². The van der Waals surface area contributed by atoms with Crippen LogP contribution in [0.1, 0.15) is 12.0 Å². The SMILES string of the molecule is OC(CCc1ccccc1)C1NN=NN1N1CCNCC1. The van der Waals surface area contributed by atoms with E-state index in [9.17, 15) is 5.11 Å². The highest BCUT2D eigenvalue weighted by Gasteiger charge is 2.33. The maximum absolute atomic E-state index is 10.4. The summed E-state index contributed by atoms with van der Waals surface area (Å²) in [5, 5.41) is 25.6. The summed E-state index contributed by atoms with van der Waals surface area (Å²) in [6.07, 6.45) is 0.729. The number of hydrogen-bond acceptors (Lipinski definition) is 7. The molecule has 2 atom stereocenters. The number of aliphatic hydroxyl groups excluding tert-OH is 1. The summed E-state index contributed by atoms with van der Waals surface area (Å²) in [4.78, 5) is 0. The number of benzene rings is 1. The monoisotopic (exact) mass is 290 g/mol. The molecule has 1 saturated heterocycles. The van der Waals surface area contributed by atoms with E-state index in [2.05, 4.69) is 38.3 Å². The number of hydrogen-bond donors (Lipinski definition) is 3. The molecular formula is C14H22N6O. The number of aliphatic hydroxyl groups is 1. The summed E-state index contributed by atoms with van der Waals surface area (Å²) in [7, 11) is 0. The van der Waals surface area contributed by atoms with Gasteiger partial charge in [-0.25, -0.2) is 0 Å². The van der Waals surface area contributed by atoms with E-state index in [0.29, 0.717) is 6.42 Å². The highest BCUT2D eigenvalue weighted by molar-refractivity contribution is 5.14. The third-order valence-corrected chi connectivity index (χ3v) is 3.89. The van der Waals surface area contributed by atoms with Crippen LogP contribution >= 0.6 is 0 Å². The Kier molecular flexibility index (Phi) is 4.64. The first kappa shape index (κ1) is 14.2. The Morgan fingerprint density at radius 3 is 2.76 bits per heavy atom. The first-order chi connectivity index (χ1) is 10.3. The molecule has 0 aliphatic carbocycles. The van der Waals surface area contributed by atoms with Gasteiger partial charge in [0.2, 0.25) is 0 Å². The summed E-state index contributed by atoms with van der Waals surface area (Å²) >= 11 is 0. The second-order valence-electron chi connectivity index (χ2n) is 5.38. The third kappa shape index (κ3) is 3.49. The standard InChI is InChI=1S/C14H22N6O/c21-13(7-6-12-4-2-1-3-5-12)14-16-17-18-20(14)19-10-8-15-9-11-19/h1-5,13-15,21H,6-11H2,(H,16,18). The predicted molar refractivity (Wildman–Crippen MR) is 78.8 cm³/mol. The van der Waals surface area contributed by atoms with Crippen molar-refractivity contribution in [3.05, 3.63) is 35.9 Å². The highest BCUT2D eigenvalue weighted by Crippen LogP contribution is 2.17. The lowest BCUT2D eigenvalue weighted by Crippen LogP contribution is -2.57. The van der Waals surface area contributed by atoms with Crippen molar-refractivity contribution in [1.29, 1.82) is 0 Å². The molecule has 3 rings (SSSR count). The molecule has 2 aliphatic rings. The lowest BCUT2D eigenvalue weighted by Gasteiger charge is -2.37. The lowest BCUT2D eigenvalue weighted by molar-refractivity contribution is -0.0978. The number of nitrogens with zero attached hydrogens (tertiary/aromatic N) is 4. The molecule has 3 N–H and O–H groups in total. The van der Waals surface area contributed by atoms with Crippen LogP contribution in [0.25, 0.3) is 0 Å². The van der Waals surface area contributed by atoms with E-state index >= 15 is 0 Å². The minimum atomic E-state index is -0.518. The smallest absolute Gasteiger partial charge is 0.177 e. The quantitative estimate of drug-likeness (QED) is 0.728. The molecule has 2 unspecified atom stereocenters. The molecule has 7 heteroatoms. The van der Waals surface area contributed by atoms with Crippen LogP contribution in [-0.2, 0) is 6.42 Å². The maximum Gasteiger partial charge on any atom is 0.177 e. The minimum Gasteiger partial charge on any atom is -0.389 e. The normalized spacial score (nSPS) is 24.0. The maximum atomic E-state index is 10.4. The Morgan fingerprint density at radius 1 is 1.24 bits per heavy atom. The van der Waals surface area contributed by atoms with E-state index in [0.717, 1.165) is 32.6 Å². The van der Waals surface area contributed by atoms with Crippen LogP contribution in [0.3, 0.4) is 0 Å². The zero-order valence-corrected chi connectivity index (χ0v) is 12.0. The summed E-state index contributed by atoms with van der Waals surface area (Å²) in [5.41, 5.74) is 4.15. The topological polar surface area (TPSA) is 75.5 Å². The van der Waals surface area contributed by atoms with E-state index in [1.54, 1.807) is 5.12 Å². The fourth-order valence-electron chi connectivity index (χ4n) is 2.69. The molecule has 7 nitrogen and oxygen atoms in total. The van der Waals surface area contributed by atoms with Crippen LogP contribution in [0.5, 0.6) is 0 Å². The van der Waals surface area contributed by atoms with Crippen LogP contribution in [0.15, 0.2) is 40.8 Å². The van der Waals surface area contributed by atoms with Gasteiger partial charge in [-0.05, 0) is 23.6 Å². The Hall–Kier alpha value is -1.70. The molecule has 1 aromatic carbocycles. The summed E-state index contributed by atoms with van der Waals surface area (Å²) in [6, 6.07) is 10.2. The van der Waals surface area contributed by atoms with Gasteiger partial charge in [-0.2, -0.15) is 10.1 Å². The van der Waals surface area contributed by atoms with Gasteiger partial charge in [0.1, 0.15) is 0 Å². The van der Waals surface area contributed by atoms with E-state index in [1.807, 2.05) is 18.2 Å². The molecule has 0 radical (unpaired) electrons. The van der Waals surface area contributed by atoms with Crippen LogP contribution in [0, 0.1) is 0 Å². The van der Waals surface area contributed by atoms with Gasteiger partial charge < -0.3 is 10.4 Å². The first-order valence-electron chi connectivity index (χ1n) is 7.47. The zero-order valence-electron chi connectivity index (χ0n) is 12.0. The fourth-order valence-corrected chi connectivity index (χ4v) is 2.69. The molecule has 0 aromatic heterocycles. The number of nitrogens with one attached hydrogen (secondary N) is 2. The molecular weight excluding hydrogens is 268 g/mol. The van der Waals surface area contributed by atoms with E-state index in [-0.39, 0.29) is 6.17 Å². The van der Waals surface area contributed by atoms with Crippen molar-refractivity contribution in [2.75, 3.05) is 26.2 Å². The summed E-state index contributed by atoms with van der Waals surface area (Å²) < 4.78 is 0. The van der Waals surface area contributed by atoms with Crippen molar-refractivity contribution in [3.8, 4) is 0 Å². The molecule has 0 saturated carbocycles. The second-order valence-corrected chi connectivity index (χ2v) is 5.38. The average molecular weight is 290 g/mol. The molecule has 2 heterocycles. The fraction of sp³-hybridized carbons (Fsp3) is 0.571. The highest BCUT2D eigenvalue weighted by atomic mass is 16.3. The van der Waals surface area contributed by atoms with Gasteiger partial charge in [0.05, 0.1) is 6.10 Å². The van der Waals surface area contributed by atoms with Crippen molar-refractivity contribution >= 4 is 0 Å². The molecule has 114 valence electrons. The van der Waals surface area contributed by atoms with Crippen molar-refractivity contribution < 1.29 is 5.11 Å². The van der Waals surface area contributed by atoms with Gasteiger partial charge in [0.15, 0.2) is 6.17 Å². The Labute approximate surface area is 124 Å². The number of piperazine rings is 1. The molecule has 1 aromatic rings. The largest absolute Gasteiger partial charge is 0.389 e. The molecule has 0 bridgehead atoms. The minimum absolute atomic E-state index is 0.271. The zero-order chi connectivity index (χ0) is 14.5. The van der Waals surface area contributed by atoms with E-state index in [1.165, 1.54) is 5.56 Å². The average Bonchev–Trinajstić information content (AvgIpc) is 3.04. The number of hydrazine groups is 1. The third-order valence-electron chi connectivity index (χ3n) is 3.89. The van der Waals surface area contributed by atoms with Crippen molar-refractivity contribution in [2.24, 2.45) is 10.4 Å². The Balaban J connectivity index is 1.54. The second kappa shape index (κ2) is 6.84. The van der Waals surface area contributed by atoms with Crippen molar-refractivity contribution in [3.63, 3.8) is 0 Å². The van der Waals surface area contributed by atoms with Crippen LogP contribution < -0.4 is 10.7 Å². The molecule has 1 fully saturated rings. The molecule has 0 spiro atoms. The summed E-state index contributed by atoms with van der Waals surface area (Å²) in [6.45, 7) is 3.61. The van der Waals surface area contributed by atoms with Gasteiger partial charge in [-0.3, -0.25) is 5.43 Å². The summed E-state index contributed by atoms with van der Waals surface area (Å²) in [5.74, 6) is 0. The first-order valence-corrected chi connectivity index (χ1v) is 7.47. The van der Waals surface area contributed by atoms with Crippen LogP contribution in [0.2, 0.25) is 0 Å². The van der Waals surface area contributed by atoms with Gasteiger partial charge in [0.25, 0.3) is 0 Å². The lowest BCUT2D eigenvalue weighted by atomic mass is 10.1. The van der Waals surface area contributed by atoms with Crippen LogP contribution in [0.4, 0.5) is 0 Å². The van der Waals surface area contributed by atoms with Crippen molar-refractivity contribution in [2.45, 2.75) is 25.1 Å². The number of aryl methyl sites for hydroxylation is 1. The Bertz CT molecular complexity index is 462. The molecule has 0 amide bonds. The van der Waals surface area contributed by atoms with Crippen LogP contribution in [-0.4, -0.2) is 53.7 Å².